The van der Waals surface area contributed by atoms with Gasteiger partial charge in [0.25, 0.3) is 0 Å². The zero-order chi connectivity index (χ0) is 14.1. The van der Waals surface area contributed by atoms with Crippen LogP contribution in [0.2, 0.25) is 5.02 Å². The molecule has 4 nitrogen and oxygen atoms in total. The largest absolute Gasteiger partial charge is 0.481 e. The minimum Gasteiger partial charge on any atom is -0.481 e. The van der Waals surface area contributed by atoms with Gasteiger partial charge in [-0.05, 0) is 30.5 Å². The third kappa shape index (κ3) is 7.47. The Morgan fingerprint density at radius 1 is 1.21 bits per heavy atom. The number of unbranched alkanes of at least 4 members (excludes halogenated alkanes) is 2. The van der Waals surface area contributed by atoms with Gasteiger partial charge in [-0.1, -0.05) is 30.2 Å². The van der Waals surface area contributed by atoms with Gasteiger partial charge in [0.1, 0.15) is 0 Å². The van der Waals surface area contributed by atoms with E-state index in [9.17, 15) is 9.59 Å². The monoisotopic (exact) mass is 283 g/mol. The highest BCUT2D eigenvalue weighted by Gasteiger charge is 2.03. The number of amides is 1. The number of nitrogens with one attached hydrogen (secondary N) is 1. The number of aliphatic carboxylic acids is 1. The first-order chi connectivity index (χ1) is 9.08. The third-order valence-electron chi connectivity index (χ3n) is 2.64. The highest BCUT2D eigenvalue weighted by atomic mass is 35.5. The van der Waals surface area contributed by atoms with Gasteiger partial charge in [0.15, 0.2) is 0 Å². The average molecular weight is 284 g/mol. The van der Waals surface area contributed by atoms with Crippen LogP contribution in [-0.4, -0.2) is 23.5 Å². The van der Waals surface area contributed by atoms with Gasteiger partial charge in [-0.25, -0.2) is 0 Å². The van der Waals surface area contributed by atoms with Crippen molar-refractivity contribution in [2.75, 3.05) is 6.54 Å². The smallest absolute Gasteiger partial charge is 0.303 e. The Labute approximate surface area is 117 Å². The van der Waals surface area contributed by atoms with Gasteiger partial charge < -0.3 is 10.4 Å². The van der Waals surface area contributed by atoms with Crippen molar-refractivity contribution in [1.82, 2.24) is 5.32 Å². The number of carboxylic acids is 1. The molecule has 0 saturated carbocycles. The number of carboxylic acid groups (broad SMARTS) is 1. The molecule has 0 aliphatic carbocycles. The normalized spacial score (nSPS) is 10.2. The summed E-state index contributed by atoms with van der Waals surface area (Å²) in [6.07, 6.45) is 2.77. The van der Waals surface area contributed by atoms with Crippen LogP contribution >= 0.6 is 11.6 Å². The molecule has 1 aromatic rings. The quantitative estimate of drug-likeness (QED) is 0.721. The van der Waals surface area contributed by atoms with Crippen LogP contribution in [0.15, 0.2) is 24.3 Å². The lowest BCUT2D eigenvalue weighted by Crippen LogP contribution is -2.26. The van der Waals surface area contributed by atoms with E-state index < -0.39 is 5.97 Å². The molecule has 19 heavy (non-hydrogen) atoms. The van der Waals surface area contributed by atoms with Gasteiger partial charge in [-0.3, -0.25) is 9.59 Å². The lowest BCUT2D eigenvalue weighted by atomic mass is 10.1. The summed E-state index contributed by atoms with van der Waals surface area (Å²) in [6.45, 7) is 0.582. The minimum atomic E-state index is -0.773. The van der Waals surface area contributed by atoms with E-state index in [1.54, 1.807) is 12.1 Å². The molecule has 0 fully saturated rings. The van der Waals surface area contributed by atoms with Gasteiger partial charge >= 0.3 is 5.97 Å². The zero-order valence-corrected chi connectivity index (χ0v) is 11.4. The molecule has 1 rings (SSSR count). The number of carbonyl (C=O) groups is 2. The molecular formula is C14H18ClNO3. The van der Waals surface area contributed by atoms with Gasteiger partial charge in [0, 0.05) is 18.0 Å². The summed E-state index contributed by atoms with van der Waals surface area (Å²) >= 11 is 5.84. The molecule has 1 amide bonds. The predicted molar refractivity (Wildman–Crippen MR) is 74.3 cm³/mol. The van der Waals surface area contributed by atoms with Crippen molar-refractivity contribution in [3.8, 4) is 0 Å². The van der Waals surface area contributed by atoms with Crippen LogP contribution in [0.3, 0.4) is 0 Å². The molecule has 0 heterocycles. The van der Waals surface area contributed by atoms with E-state index in [2.05, 4.69) is 5.32 Å². The van der Waals surface area contributed by atoms with E-state index in [1.807, 2.05) is 12.1 Å². The van der Waals surface area contributed by atoms with E-state index >= 15 is 0 Å². The Hall–Kier alpha value is -1.55. The molecule has 0 radical (unpaired) electrons. The van der Waals surface area contributed by atoms with Crippen LogP contribution in [0.4, 0.5) is 0 Å². The van der Waals surface area contributed by atoms with Crippen molar-refractivity contribution in [1.29, 1.82) is 0 Å². The second-order valence-electron chi connectivity index (χ2n) is 4.36. The first-order valence-electron chi connectivity index (χ1n) is 6.31. The Morgan fingerprint density at radius 3 is 2.68 bits per heavy atom. The van der Waals surface area contributed by atoms with Gasteiger partial charge in [0.05, 0.1) is 6.42 Å². The van der Waals surface area contributed by atoms with Crippen molar-refractivity contribution in [3.05, 3.63) is 34.9 Å². The molecule has 0 spiro atoms. The Morgan fingerprint density at radius 2 is 2.00 bits per heavy atom. The maximum absolute atomic E-state index is 11.6. The minimum absolute atomic E-state index is 0.0412. The molecule has 0 aliphatic heterocycles. The number of halogens is 1. The molecule has 0 bridgehead atoms. The van der Waals surface area contributed by atoms with Crippen molar-refractivity contribution < 1.29 is 14.7 Å². The molecule has 5 heteroatoms. The molecule has 2 N–H and O–H groups in total. The Kier molecular flexibility index (Phi) is 6.97. The number of benzene rings is 1. The van der Waals surface area contributed by atoms with Gasteiger partial charge in [0.2, 0.25) is 5.91 Å². The number of rotatable bonds is 8. The molecule has 0 saturated heterocycles. The molecule has 0 aliphatic rings. The summed E-state index contributed by atoms with van der Waals surface area (Å²) in [7, 11) is 0. The van der Waals surface area contributed by atoms with Crippen LogP contribution in [0.1, 0.15) is 31.2 Å². The molecular weight excluding hydrogens is 266 g/mol. The maximum atomic E-state index is 11.6. The zero-order valence-electron chi connectivity index (χ0n) is 10.7. The van der Waals surface area contributed by atoms with Gasteiger partial charge in [-0.2, -0.15) is 0 Å². The predicted octanol–water partition coefficient (Wildman–Crippen LogP) is 2.64. The summed E-state index contributed by atoms with van der Waals surface area (Å²) < 4.78 is 0. The first-order valence-corrected chi connectivity index (χ1v) is 6.68. The molecule has 0 aromatic heterocycles. The molecule has 0 atom stereocenters. The highest BCUT2D eigenvalue weighted by Crippen LogP contribution is 2.10. The summed E-state index contributed by atoms with van der Waals surface area (Å²) in [6, 6.07) is 7.22. The average Bonchev–Trinajstić information content (AvgIpc) is 2.33. The molecule has 0 unspecified atom stereocenters. The standard InChI is InChI=1S/C14H18ClNO3/c15-12-6-4-5-11(9-12)10-13(17)16-8-3-1-2-7-14(18)19/h4-6,9H,1-3,7-8,10H2,(H,16,17)(H,18,19). The number of hydrogen-bond donors (Lipinski definition) is 2. The van der Waals surface area contributed by atoms with E-state index in [0.29, 0.717) is 24.4 Å². The molecule has 104 valence electrons. The highest BCUT2D eigenvalue weighted by molar-refractivity contribution is 6.30. The fourth-order valence-corrected chi connectivity index (χ4v) is 1.91. The fraction of sp³-hybridized carbons (Fsp3) is 0.429. The van der Waals surface area contributed by atoms with Crippen molar-refractivity contribution in [2.24, 2.45) is 0 Å². The first kappa shape index (κ1) is 15.5. The summed E-state index contributed by atoms with van der Waals surface area (Å²) in [5.74, 6) is -0.814. The maximum Gasteiger partial charge on any atom is 0.303 e. The third-order valence-corrected chi connectivity index (χ3v) is 2.88. The van der Waals surface area contributed by atoms with E-state index in [4.69, 9.17) is 16.7 Å². The second-order valence-corrected chi connectivity index (χ2v) is 4.80. The van der Waals surface area contributed by atoms with Crippen LogP contribution in [0.5, 0.6) is 0 Å². The SMILES string of the molecule is O=C(O)CCCCCNC(=O)Cc1cccc(Cl)c1. The summed E-state index contributed by atoms with van der Waals surface area (Å²) in [4.78, 5) is 21.9. The second kappa shape index (κ2) is 8.53. The lowest BCUT2D eigenvalue weighted by molar-refractivity contribution is -0.137. The molecule has 1 aromatic carbocycles. The van der Waals surface area contributed by atoms with Crippen molar-refractivity contribution in [3.63, 3.8) is 0 Å². The van der Waals surface area contributed by atoms with Crippen molar-refractivity contribution in [2.45, 2.75) is 32.1 Å². The lowest BCUT2D eigenvalue weighted by Gasteiger charge is -2.05. The van der Waals surface area contributed by atoms with E-state index in [1.165, 1.54) is 0 Å². The van der Waals surface area contributed by atoms with Gasteiger partial charge in [-0.15, -0.1) is 0 Å². The fourth-order valence-electron chi connectivity index (χ4n) is 1.70. The topological polar surface area (TPSA) is 66.4 Å². The Balaban J connectivity index is 2.13. The van der Waals surface area contributed by atoms with Crippen LogP contribution < -0.4 is 5.32 Å². The Bertz CT molecular complexity index is 434. The van der Waals surface area contributed by atoms with Crippen LogP contribution in [0.25, 0.3) is 0 Å². The van der Waals surface area contributed by atoms with E-state index in [-0.39, 0.29) is 12.3 Å². The number of hydrogen-bond acceptors (Lipinski definition) is 2. The number of carbonyl (C=O) groups excluding carboxylic acids is 1. The summed E-state index contributed by atoms with van der Waals surface area (Å²) in [5.41, 5.74) is 0.885. The van der Waals surface area contributed by atoms with Crippen LogP contribution in [-0.2, 0) is 16.0 Å². The van der Waals surface area contributed by atoms with Crippen molar-refractivity contribution >= 4 is 23.5 Å². The summed E-state index contributed by atoms with van der Waals surface area (Å²) in [5, 5.41) is 11.9. The van der Waals surface area contributed by atoms with Crippen LogP contribution in [0, 0.1) is 0 Å². The van der Waals surface area contributed by atoms with E-state index in [0.717, 1.165) is 18.4 Å².